The molecule has 0 bridgehead atoms. The Bertz CT molecular complexity index is 1610. The van der Waals surface area contributed by atoms with Gasteiger partial charge in [-0.2, -0.15) is 4.98 Å². The lowest BCUT2D eigenvalue weighted by molar-refractivity contribution is -0.140. The predicted octanol–water partition coefficient (Wildman–Crippen LogP) is 7.31. The van der Waals surface area contributed by atoms with E-state index in [9.17, 15) is 4.79 Å². The van der Waals surface area contributed by atoms with E-state index in [0.29, 0.717) is 40.5 Å². The van der Waals surface area contributed by atoms with E-state index < -0.39 is 12.0 Å². The summed E-state index contributed by atoms with van der Waals surface area (Å²) >= 11 is 1.54. The van der Waals surface area contributed by atoms with Gasteiger partial charge in [-0.05, 0) is 52.5 Å². The molecule has 0 radical (unpaired) electrons. The fraction of sp³-hybridized carbons (Fsp3) is 0.324. The molecule has 0 saturated heterocycles. The first-order valence-corrected chi connectivity index (χ1v) is 15.3. The molecule has 0 saturated carbocycles. The Kier molecular flexibility index (Phi) is 9.11. The molecule has 5 rings (SSSR count). The van der Waals surface area contributed by atoms with E-state index in [-0.39, 0.29) is 12.0 Å². The molecule has 1 unspecified atom stereocenters. The van der Waals surface area contributed by atoms with Gasteiger partial charge >= 0.3 is 5.97 Å². The maximum atomic E-state index is 13.6. The van der Waals surface area contributed by atoms with Crippen LogP contribution in [0.25, 0.3) is 0 Å². The molecular formula is C34H38N4O4S. The number of nitrogens with zero attached hydrogens (tertiary/aromatic N) is 3. The number of hydrogen-bond donors (Lipinski definition) is 1. The molecule has 43 heavy (non-hydrogen) atoms. The zero-order valence-corrected chi connectivity index (χ0v) is 26.3. The Morgan fingerprint density at radius 2 is 1.70 bits per heavy atom. The lowest BCUT2D eigenvalue weighted by atomic mass is 9.87. The van der Waals surface area contributed by atoms with Crippen LogP contribution in [0.15, 0.2) is 89.2 Å². The highest BCUT2D eigenvalue weighted by Gasteiger charge is 2.36. The summed E-state index contributed by atoms with van der Waals surface area (Å²) in [6.45, 7) is 11.1. The van der Waals surface area contributed by atoms with Crippen LogP contribution in [0.5, 0.6) is 11.5 Å². The summed E-state index contributed by atoms with van der Waals surface area (Å²) in [4.78, 5) is 18.3. The van der Waals surface area contributed by atoms with Crippen LogP contribution in [0.1, 0.15) is 62.9 Å². The zero-order valence-electron chi connectivity index (χ0n) is 25.5. The number of esters is 1. The fourth-order valence-corrected chi connectivity index (χ4v) is 5.49. The highest BCUT2D eigenvalue weighted by Crippen LogP contribution is 2.40. The third-order valence-electron chi connectivity index (χ3n) is 7.26. The largest absolute Gasteiger partial charge is 0.493 e. The fourth-order valence-electron chi connectivity index (χ4n) is 4.93. The van der Waals surface area contributed by atoms with Crippen LogP contribution in [0.3, 0.4) is 0 Å². The van der Waals surface area contributed by atoms with Crippen molar-refractivity contribution in [2.75, 3.05) is 18.2 Å². The molecule has 4 aromatic rings. The summed E-state index contributed by atoms with van der Waals surface area (Å²) in [7, 11) is 1.61. The molecule has 1 aliphatic rings. The van der Waals surface area contributed by atoms with Gasteiger partial charge < -0.3 is 19.5 Å². The molecule has 0 aliphatic carbocycles. The number of ether oxygens (including phenoxy) is 3. The van der Waals surface area contributed by atoms with Crippen molar-refractivity contribution >= 4 is 23.7 Å². The minimum absolute atomic E-state index is 0.0899. The first-order chi connectivity index (χ1) is 20.7. The number of methoxy groups -OCH3 is 1. The van der Waals surface area contributed by atoms with E-state index in [1.54, 1.807) is 11.8 Å². The molecule has 2 heterocycles. The van der Waals surface area contributed by atoms with Crippen LogP contribution in [-0.2, 0) is 28.2 Å². The zero-order chi connectivity index (χ0) is 30.6. The number of rotatable bonds is 10. The van der Waals surface area contributed by atoms with Crippen LogP contribution in [0, 0.1) is 0 Å². The molecule has 0 fully saturated rings. The second-order valence-corrected chi connectivity index (χ2v) is 12.6. The number of nitrogens with one attached hydrogen (secondary N) is 1. The first-order valence-electron chi connectivity index (χ1n) is 14.4. The van der Waals surface area contributed by atoms with E-state index in [1.165, 1.54) is 17.3 Å². The first kappa shape index (κ1) is 30.2. The van der Waals surface area contributed by atoms with Crippen LogP contribution in [0.4, 0.5) is 5.95 Å². The molecule has 224 valence electrons. The Morgan fingerprint density at radius 3 is 2.37 bits per heavy atom. The topological polar surface area (TPSA) is 87.5 Å². The molecule has 1 N–H and O–H groups in total. The van der Waals surface area contributed by atoms with Gasteiger partial charge in [-0.3, -0.25) is 0 Å². The smallest absolute Gasteiger partial charge is 0.338 e. The van der Waals surface area contributed by atoms with Crippen LogP contribution < -0.4 is 14.8 Å². The van der Waals surface area contributed by atoms with E-state index in [2.05, 4.69) is 55.3 Å². The number of carbonyl (C=O) groups excluding carboxylic acids is 1. The Hall–Kier alpha value is -4.24. The summed E-state index contributed by atoms with van der Waals surface area (Å²) in [6, 6.07) is 23.2. The average molecular weight is 599 g/mol. The maximum Gasteiger partial charge on any atom is 0.338 e. The van der Waals surface area contributed by atoms with Crippen molar-refractivity contribution in [3.8, 4) is 11.5 Å². The van der Waals surface area contributed by atoms with Gasteiger partial charge in [-0.15, -0.1) is 5.10 Å². The maximum absolute atomic E-state index is 13.6. The Morgan fingerprint density at radius 1 is 0.977 bits per heavy atom. The molecule has 9 heteroatoms. The number of allylic oxidation sites excluding steroid dienone is 1. The van der Waals surface area contributed by atoms with Crippen molar-refractivity contribution in [3.05, 3.63) is 106 Å². The SMILES string of the molecule is CCSc1nc2n(n1)C(c1ccc(OCc3ccc(C(C)(C)C)cc3)c(OC)c1)C(C(=O)OCc1ccccc1)=C(C)N2. The molecule has 0 amide bonds. The Labute approximate surface area is 257 Å². The van der Waals surface area contributed by atoms with Gasteiger partial charge in [0.1, 0.15) is 19.3 Å². The summed E-state index contributed by atoms with van der Waals surface area (Å²) in [5.41, 5.74) is 5.25. The van der Waals surface area contributed by atoms with Crippen LogP contribution in [-0.4, -0.2) is 33.6 Å². The van der Waals surface area contributed by atoms with Crippen molar-refractivity contribution < 1.29 is 19.0 Å². The number of hydrogen-bond acceptors (Lipinski definition) is 8. The number of benzene rings is 3. The molecule has 1 aliphatic heterocycles. The third-order valence-corrected chi connectivity index (χ3v) is 7.98. The molecule has 1 atom stereocenters. The quantitative estimate of drug-likeness (QED) is 0.150. The number of aromatic nitrogens is 3. The van der Waals surface area contributed by atoms with Crippen LogP contribution >= 0.6 is 11.8 Å². The number of anilines is 1. The Balaban J connectivity index is 1.44. The molecule has 0 spiro atoms. The van der Waals surface area contributed by atoms with E-state index in [0.717, 1.165) is 22.4 Å². The average Bonchev–Trinajstić information content (AvgIpc) is 3.40. The highest BCUT2D eigenvalue weighted by atomic mass is 32.2. The van der Waals surface area contributed by atoms with Crippen molar-refractivity contribution in [1.82, 2.24) is 14.8 Å². The van der Waals surface area contributed by atoms with E-state index >= 15 is 0 Å². The number of carbonyl (C=O) groups is 1. The van der Waals surface area contributed by atoms with Gasteiger partial charge in [-0.25, -0.2) is 9.48 Å². The molecule has 3 aromatic carbocycles. The highest BCUT2D eigenvalue weighted by molar-refractivity contribution is 7.99. The van der Waals surface area contributed by atoms with Gasteiger partial charge in [0.15, 0.2) is 11.5 Å². The number of fused-ring (bicyclic) bond motifs is 1. The summed E-state index contributed by atoms with van der Waals surface area (Å²) in [5, 5.41) is 8.64. The summed E-state index contributed by atoms with van der Waals surface area (Å²) in [6.07, 6.45) is 0. The van der Waals surface area contributed by atoms with Crippen molar-refractivity contribution in [2.24, 2.45) is 0 Å². The lowest BCUT2D eigenvalue weighted by Crippen LogP contribution is -2.29. The normalized spacial score (nSPS) is 14.6. The minimum Gasteiger partial charge on any atom is -0.493 e. The van der Waals surface area contributed by atoms with Gasteiger partial charge in [0.25, 0.3) is 0 Å². The summed E-state index contributed by atoms with van der Waals surface area (Å²) in [5.74, 6) is 2.13. The molecule has 8 nitrogen and oxygen atoms in total. The predicted molar refractivity (Wildman–Crippen MR) is 170 cm³/mol. The minimum atomic E-state index is -0.578. The van der Waals surface area contributed by atoms with Gasteiger partial charge in [0.2, 0.25) is 11.1 Å². The molecule has 1 aromatic heterocycles. The summed E-state index contributed by atoms with van der Waals surface area (Å²) < 4.78 is 19.5. The van der Waals surface area contributed by atoms with Crippen molar-refractivity contribution in [3.63, 3.8) is 0 Å². The van der Waals surface area contributed by atoms with Gasteiger partial charge in [-0.1, -0.05) is 100 Å². The van der Waals surface area contributed by atoms with E-state index in [4.69, 9.17) is 19.3 Å². The van der Waals surface area contributed by atoms with Crippen molar-refractivity contribution in [1.29, 1.82) is 0 Å². The monoisotopic (exact) mass is 598 g/mol. The van der Waals surface area contributed by atoms with Gasteiger partial charge in [0.05, 0.1) is 12.7 Å². The standard InChI is InChI=1S/C34H38N4O4S/c1-7-43-33-36-32-35-22(2)29(31(39)42-21-23-11-9-8-10-12-23)30(38(32)37-33)25-15-18-27(28(19-25)40-6)41-20-24-13-16-26(17-14-24)34(3,4)5/h8-19,30H,7,20-21H2,1-6H3,(H,35,36,37). The number of thioether (sulfide) groups is 1. The van der Waals surface area contributed by atoms with E-state index in [1.807, 2.05) is 62.4 Å². The second kappa shape index (κ2) is 13.0. The second-order valence-electron chi connectivity index (χ2n) is 11.4. The lowest BCUT2D eigenvalue weighted by Gasteiger charge is -2.28. The third kappa shape index (κ3) is 6.88. The van der Waals surface area contributed by atoms with Crippen LogP contribution in [0.2, 0.25) is 0 Å². The molecular weight excluding hydrogens is 560 g/mol. The van der Waals surface area contributed by atoms with Gasteiger partial charge in [0, 0.05) is 5.70 Å². The van der Waals surface area contributed by atoms with Crippen molar-refractivity contribution in [2.45, 2.75) is 64.4 Å².